The summed E-state index contributed by atoms with van der Waals surface area (Å²) in [5.41, 5.74) is 1.75. The van der Waals surface area contributed by atoms with Crippen molar-refractivity contribution in [3.05, 3.63) is 65.4 Å². The second-order valence-electron chi connectivity index (χ2n) is 6.74. The number of nitrogens with zero attached hydrogens (tertiary/aromatic N) is 4. The smallest absolute Gasteiger partial charge is 0.271 e. The number of hydrogen-bond donors (Lipinski definition) is 2. The molecular formula is C20H22N6OS. The topological polar surface area (TPSA) is 83.0 Å². The average Bonchev–Trinajstić information content (AvgIpc) is 3.20. The molecule has 0 bridgehead atoms. The van der Waals surface area contributed by atoms with Gasteiger partial charge in [0, 0.05) is 43.4 Å². The van der Waals surface area contributed by atoms with Crippen LogP contribution < -0.4 is 10.6 Å². The van der Waals surface area contributed by atoms with E-state index in [1.165, 1.54) is 16.9 Å². The molecule has 0 aliphatic carbocycles. The molecule has 3 heterocycles. The van der Waals surface area contributed by atoms with Crippen molar-refractivity contribution < 1.29 is 4.79 Å². The first-order valence-corrected chi connectivity index (χ1v) is 10.2. The zero-order chi connectivity index (χ0) is 19.2. The monoisotopic (exact) mass is 394 g/mol. The fourth-order valence-electron chi connectivity index (χ4n) is 3.23. The van der Waals surface area contributed by atoms with E-state index < -0.39 is 0 Å². The largest absolute Gasteiger partial charge is 0.348 e. The number of aromatic nitrogens is 3. The van der Waals surface area contributed by atoms with Gasteiger partial charge in [0.1, 0.15) is 5.69 Å². The van der Waals surface area contributed by atoms with E-state index in [-0.39, 0.29) is 11.9 Å². The van der Waals surface area contributed by atoms with Gasteiger partial charge in [0.2, 0.25) is 5.95 Å². The zero-order valence-corrected chi connectivity index (χ0v) is 16.2. The minimum absolute atomic E-state index is 0.125. The third-order valence-electron chi connectivity index (χ3n) is 4.69. The van der Waals surface area contributed by atoms with E-state index in [1.807, 2.05) is 6.07 Å². The van der Waals surface area contributed by atoms with Crippen LogP contribution in [0.15, 0.2) is 54.2 Å². The van der Waals surface area contributed by atoms with Crippen molar-refractivity contribution in [2.45, 2.75) is 25.4 Å². The first-order valence-electron chi connectivity index (χ1n) is 9.33. The lowest BCUT2D eigenvalue weighted by Crippen LogP contribution is -2.44. The van der Waals surface area contributed by atoms with Gasteiger partial charge < -0.3 is 10.6 Å². The summed E-state index contributed by atoms with van der Waals surface area (Å²) in [6.45, 7) is 2.92. The normalized spacial score (nSPS) is 15.3. The number of anilines is 2. The SMILES string of the molecule is O=C(NC1CCN(Cc2ccccc2)CC1)c1csc(Nc2ncccn2)n1. The van der Waals surface area contributed by atoms with Crippen molar-refractivity contribution in [2.24, 2.45) is 0 Å². The van der Waals surface area contributed by atoms with Crippen molar-refractivity contribution >= 4 is 28.3 Å². The second-order valence-corrected chi connectivity index (χ2v) is 7.60. The van der Waals surface area contributed by atoms with Gasteiger partial charge in [-0.15, -0.1) is 11.3 Å². The number of piperidine rings is 1. The van der Waals surface area contributed by atoms with E-state index in [4.69, 9.17) is 0 Å². The Bertz CT molecular complexity index is 893. The summed E-state index contributed by atoms with van der Waals surface area (Å²) in [6.07, 6.45) is 5.21. The Morgan fingerprint density at radius 1 is 1.11 bits per heavy atom. The Balaban J connectivity index is 1.26. The highest BCUT2D eigenvalue weighted by Crippen LogP contribution is 2.19. The molecule has 1 fully saturated rings. The number of rotatable bonds is 6. The molecule has 1 saturated heterocycles. The van der Waals surface area contributed by atoms with E-state index in [9.17, 15) is 4.79 Å². The molecule has 8 heteroatoms. The zero-order valence-electron chi connectivity index (χ0n) is 15.4. The summed E-state index contributed by atoms with van der Waals surface area (Å²) in [5.74, 6) is 0.342. The number of thiazole rings is 1. The first kappa shape index (κ1) is 18.5. The Morgan fingerprint density at radius 2 is 1.86 bits per heavy atom. The summed E-state index contributed by atoms with van der Waals surface area (Å²) >= 11 is 1.37. The van der Waals surface area contributed by atoms with Gasteiger partial charge in [-0.1, -0.05) is 30.3 Å². The van der Waals surface area contributed by atoms with Gasteiger partial charge >= 0.3 is 0 Å². The van der Waals surface area contributed by atoms with Crippen molar-refractivity contribution in [2.75, 3.05) is 18.4 Å². The van der Waals surface area contributed by atoms with Crippen LogP contribution in [-0.4, -0.2) is 44.9 Å². The van der Waals surface area contributed by atoms with E-state index >= 15 is 0 Å². The molecule has 28 heavy (non-hydrogen) atoms. The maximum Gasteiger partial charge on any atom is 0.271 e. The molecule has 2 N–H and O–H groups in total. The van der Waals surface area contributed by atoms with Crippen LogP contribution in [0.25, 0.3) is 0 Å². The lowest BCUT2D eigenvalue weighted by Gasteiger charge is -2.32. The first-order chi connectivity index (χ1) is 13.8. The van der Waals surface area contributed by atoms with Gasteiger partial charge in [0.15, 0.2) is 5.13 Å². The van der Waals surface area contributed by atoms with Crippen molar-refractivity contribution in [3.8, 4) is 0 Å². The number of amides is 1. The van der Waals surface area contributed by atoms with E-state index in [0.717, 1.165) is 32.5 Å². The van der Waals surface area contributed by atoms with Crippen molar-refractivity contribution in [1.29, 1.82) is 0 Å². The Labute approximate surface area is 167 Å². The average molecular weight is 395 g/mol. The van der Waals surface area contributed by atoms with Gasteiger partial charge in [-0.3, -0.25) is 9.69 Å². The molecule has 4 rings (SSSR count). The molecule has 1 aromatic carbocycles. The van der Waals surface area contributed by atoms with Gasteiger partial charge in [0.25, 0.3) is 5.91 Å². The van der Waals surface area contributed by atoms with E-state index in [1.54, 1.807) is 23.8 Å². The Morgan fingerprint density at radius 3 is 2.61 bits per heavy atom. The lowest BCUT2D eigenvalue weighted by atomic mass is 10.0. The summed E-state index contributed by atoms with van der Waals surface area (Å²) in [5, 5.41) is 8.49. The third-order valence-corrected chi connectivity index (χ3v) is 5.45. The van der Waals surface area contributed by atoms with Crippen molar-refractivity contribution in [1.82, 2.24) is 25.2 Å². The number of likely N-dealkylation sites (tertiary alicyclic amines) is 1. The summed E-state index contributed by atoms with van der Waals surface area (Å²) in [6, 6.07) is 12.4. The summed E-state index contributed by atoms with van der Waals surface area (Å²) in [7, 11) is 0. The molecular weight excluding hydrogens is 372 g/mol. The number of benzene rings is 1. The third kappa shape index (κ3) is 4.90. The van der Waals surface area contributed by atoms with Crippen LogP contribution in [0.2, 0.25) is 0 Å². The predicted molar refractivity (Wildman–Crippen MR) is 110 cm³/mol. The number of carbonyl (C=O) groups excluding carboxylic acids is 1. The van der Waals surface area contributed by atoms with E-state index in [2.05, 4.69) is 54.8 Å². The predicted octanol–water partition coefficient (Wildman–Crippen LogP) is 3.07. The standard InChI is InChI=1S/C20H22N6OS/c27-18(17-14-28-20(24-17)25-19-21-9-4-10-22-19)23-16-7-11-26(12-8-16)13-15-5-2-1-3-6-15/h1-6,9-10,14,16H,7-8,11-13H2,(H,23,27)(H,21,22,24,25). The highest BCUT2D eigenvalue weighted by Gasteiger charge is 2.22. The molecule has 1 amide bonds. The molecule has 2 aromatic heterocycles. The number of carbonyl (C=O) groups is 1. The van der Waals surface area contributed by atoms with Crippen LogP contribution in [0.3, 0.4) is 0 Å². The van der Waals surface area contributed by atoms with Crippen LogP contribution in [0.4, 0.5) is 11.1 Å². The molecule has 0 atom stereocenters. The molecule has 3 aromatic rings. The highest BCUT2D eigenvalue weighted by atomic mass is 32.1. The van der Waals surface area contributed by atoms with Crippen molar-refractivity contribution in [3.63, 3.8) is 0 Å². The quantitative estimate of drug-likeness (QED) is 0.669. The molecule has 0 radical (unpaired) electrons. The van der Waals surface area contributed by atoms with Crippen LogP contribution in [-0.2, 0) is 6.54 Å². The number of hydrogen-bond acceptors (Lipinski definition) is 7. The molecule has 0 saturated carbocycles. The Hall–Kier alpha value is -2.84. The number of nitrogens with one attached hydrogen (secondary N) is 2. The molecule has 1 aliphatic heterocycles. The minimum atomic E-state index is -0.125. The fourth-order valence-corrected chi connectivity index (χ4v) is 3.92. The minimum Gasteiger partial charge on any atom is -0.348 e. The van der Waals surface area contributed by atoms with Crippen LogP contribution in [0.1, 0.15) is 28.9 Å². The molecule has 144 valence electrons. The summed E-state index contributed by atoms with van der Waals surface area (Å²) < 4.78 is 0. The van der Waals surface area contributed by atoms with Gasteiger partial charge in [0.05, 0.1) is 0 Å². The van der Waals surface area contributed by atoms with E-state index in [0.29, 0.717) is 16.8 Å². The molecule has 7 nitrogen and oxygen atoms in total. The maximum absolute atomic E-state index is 12.5. The molecule has 0 spiro atoms. The van der Waals surface area contributed by atoms with Gasteiger partial charge in [-0.2, -0.15) is 0 Å². The highest BCUT2D eigenvalue weighted by molar-refractivity contribution is 7.14. The molecule has 0 unspecified atom stereocenters. The van der Waals surface area contributed by atoms with Crippen LogP contribution >= 0.6 is 11.3 Å². The van der Waals surface area contributed by atoms with Gasteiger partial charge in [-0.05, 0) is 24.5 Å². The van der Waals surface area contributed by atoms with Crippen LogP contribution in [0.5, 0.6) is 0 Å². The molecule has 1 aliphatic rings. The second kappa shape index (κ2) is 8.90. The summed E-state index contributed by atoms with van der Waals surface area (Å²) in [4.78, 5) is 27.5. The lowest BCUT2D eigenvalue weighted by molar-refractivity contribution is 0.0904. The van der Waals surface area contributed by atoms with Gasteiger partial charge in [-0.25, -0.2) is 15.0 Å². The maximum atomic E-state index is 12.5. The van der Waals surface area contributed by atoms with Crippen LogP contribution in [0, 0.1) is 0 Å². The fraction of sp³-hybridized carbons (Fsp3) is 0.300. The Kier molecular flexibility index (Phi) is 5.89.